The molecular weight excluding hydrogens is 356 g/mol. The van der Waals surface area contributed by atoms with E-state index in [9.17, 15) is 4.79 Å². The van der Waals surface area contributed by atoms with Crippen molar-refractivity contribution in [3.05, 3.63) is 48.7 Å². The van der Waals surface area contributed by atoms with Gasteiger partial charge in [0.2, 0.25) is 5.91 Å². The summed E-state index contributed by atoms with van der Waals surface area (Å²) in [5, 5.41) is 8.48. The molecule has 7 nitrogen and oxygen atoms in total. The van der Waals surface area contributed by atoms with Crippen LogP contribution < -0.4 is 5.32 Å². The Morgan fingerprint density at radius 2 is 2.04 bits per heavy atom. The molecule has 0 unspecified atom stereocenters. The van der Waals surface area contributed by atoms with Crippen LogP contribution in [0.4, 0.5) is 5.82 Å². The van der Waals surface area contributed by atoms with Gasteiger partial charge in [-0.1, -0.05) is 18.2 Å². The third-order valence-corrected chi connectivity index (χ3v) is 5.12. The number of hydrogen-bond acceptors (Lipinski definition) is 5. The number of aromatic nitrogens is 3. The van der Waals surface area contributed by atoms with Crippen molar-refractivity contribution in [3.8, 4) is 11.5 Å². The van der Waals surface area contributed by atoms with Crippen molar-refractivity contribution >= 4 is 28.3 Å². The summed E-state index contributed by atoms with van der Waals surface area (Å²) in [5.41, 5.74) is 2.25. The molecule has 1 saturated heterocycles. The van der Waals surface area contributed by atoms with Crippen molar-refractivity contribution in [3.63, 3.8) is 0 Å². The van der Waals surface area contributed by atoms with E-state index in [0.717, 1.165) is 42.7 Å². The predicted octanol–water partition coefficient (Wildman–Crippen LogP) is 3.90. The van der Waals surface area contributed by atoms with Crippen LogP contribution in [-0.4, -0.2) is 33.7 Å². The molecule has 0 spiro atoms. The van der Waals surface area contributed by atoms with Crippen LogP contribution in [0.15, 0.2) is 53.1 Å². The third kappa shape index (κ3) is 3.25. The van der Waals surface area contributed by atoms with Crippen molar-refractivity contribution in [2.24, 2.45) is 5.92 Å². The number of nitrogens with zero attached hydrogens (tertiary/aromatic N) is 3. The van der Waals surface area contributed by atoms with Gasteiger partial charge in [0.15, 0.2) is 17.2 Å². The van der Waals surface area contributed by atoms with Gasteiger partial charge in [-0.15, -0.1) is 5.10 Å². The van der Waals surface area contributed by atoms with Gasteiger partial charge in [0.1, 0.15) is 11.3 Å². The lowest BCUT2D eigenvalue weighted by molar-refractivity contribution is -0.117. The molecule has 1 aliphatic rings. The van der Waals surface area contributed by atoms with Gasteiger partial charge in [0, 0.05) is 25.0 Å². The number of ether oxygens (including phenoxy) is 1. The summed E-state index contributed by atoms with van der Waals surface area (Å²) in [4.78, 5) is 16.8. The summed E-state index contributed by atoms with van der Waals surface area (Å²) in [6.45, 7) is 1.47. The van der Waals surface area contributed by atoms with Gasteiger partial charge in [0.25, 0.3) is 0 Å². The van der Waals surface area contributed by atoms with Gasteiger partial charge in [0.05, 0.1) is 6.20 Å². The second-order valence-electron chi connectivity index (χ2n) is 7.09. The number of furan rings is 1. The maximum atomic E-state index is 12.4. The molecule has 1 aromatic carbocycles. The zero-order valence-corrected chi connectivity index (χ0v) is 15.3. The number of carbonyl (C=O) groups is 1. The lowest BCUT2D eigenvalue weighted by Crippen LogP contribution is -2.22. The summed E-state index contributed by atoms with van der Waals surface area (Å²) >= 11 is 0. The lowest BCUT2D eigenvalue weighted by atomic mass is 9.96. The summed E-state index contributed by atoms with van der Waals surface area (Å²) in [7, 11) is 0. The predicted molar refractivity (Wildman–Crippen MR) is 105 cm³/mol. The SMILES string of the molecule is O=C(CC1CCOCC1)Nc1ccc2ncc(-c3cc4ccccc4o3)n2n1. The van der Waals surface area contributed by atoms with Gasteiger partial charge in [-0.05, 0) is 43.0 Å². The number of amides is 1. The molecule has 5 rings (SSSR count). The Bertz CT molecular complexity index is 1110. The lowest BCUT2D eigenvalue weighted by Gasteiger charge is -2.21. The zero-order chi connectivity index (χ0) is 18.9. The van der Waals surface area contributed by atoms with Gasteiger partial charge in [-0.2, -0.15) is 0 Å². The molecule has 0 radical (unpaired) electrons. The van der Waals surface area contributed by atoms with E-state index >= 15 is 0 Å². The molecule has 4 heterocycles. The van der Waals surface area contributed by atoms with E-state index in [1.807, 2.05) is 36.4 Å². The Kier molecular flexibility index (Phi) is 4.29. The molecule has 0 aliphatic carbocycles. The maximum Gasteiger partial charge on any atom is 0.225 e. The molecule has 0 bridgehead atoms. The van der Waals surface area contributed by atoms with Gasteiger partial charge >= 0.3 is 0 Å². The molecule has 1 aliphatic heterocycles. The molecule has 4 aromatic rings. The molecule has 1 N–H and O–H groups in total. The first kappa shape index (κ1) is 16.9. The number of carbonyl (C=O) groups excluding carboxylic acids is 1. The molecule has 7 heteroatoms. The summed E-state index contributed by atoms with van der Waals surface area (Å²) in [5.74, 6) is 1.53. The van der Waals surface area contributed by atoms with E-state index < -0.39 is 0 Å². The van der Waals surface area contributed by atoms with Crippen LogP contribution in [0.3, 0.4) is 0 Å². The van der Waals surface area contributed by atoms with E-state index in [0.29, 0.717) is 29.6 Å². The second-order valence-corrected chi connectivity index (χ2v) is 7.09. The Morgan fingerprint density at radius 3 is 2.89 bits per heavy atom. The van der Waals surface area contributed by atoms with Gasteiger partial charge in [-0.25, -0.2) is 9.50 Å². The third-order valence-electron chi connectivity index (χ3n) is 5.12. The Morgan fingerprint density at radius 1 is 1.18 bits per heavy atom. The summed E-state index contributed by atoms with van der Waals surface area (Å²) in [6.07, 6.45) is 4.08. The van der Waals surface area contributed by atoms with Crippen LogP contribution in [0, 0.1) is 5.92 Å². The van der Waals surface area contributed by atoms with Crippen LogP contribution in [0.1, 0.15) is 19.3 Å². The highest BCUT2D eigenvalue weighted by atomic mass is 16.5. The highest BCUT2D eigenvalue weighted by Gasteiger charge is 2.18. The minimum Gasteiger partial charge on any atom is -0.454 e. The number of rotatable bonds is 4. The topological polar surface area (TPSA) is 81.7 Å². The van der Waals surface area contributed by atoms with Gasteiger partial charge < -0.3 is 14.5 Å². The number of hydrogen-bond donors (Lipinski definition) is 1. The molecule has 142 valence electrons. The fraction of sp³-hybridized carbons (Fsp3) is 0.286. The average Bonchev–Trinajstić information content (AvgIpc) is 3.32. The summed E-state index contributed by atoms with van der Waals surface area (Å²) < 4.78 is 13.0. The van der Waals surface area contributed by atoms with Gasteiger partial charge in [-0.3, -0.25) is 4.79 Å². The minimum absolute atomic E-state index is 0.0239. The molecule has 3 aromatic heterocycles. The molecule has 28 heavy (non-hydrogen) atoms. The Hall–Kier alpha value is -3.19. The van der Waals surface area contributed by atoms with Crippen LogP contribution in [0.25, 0.3) is 28.1 Å². The largest absolute Gasteiger partial charge is 0.454 e. The average molecular weight is 376 g/mol. The number of nitrogens with one attached hydrogen (secondary N) is 1. The molecular formula is C21H20N4O3. The normalized spacial score (nSPS) is 15.3. The molecule has 0 saturated carbocycles. The van der Waals surface area contributed by atoms with E-state index in [-0.39, 0.29) is 5.91 Å². The quantitative estimate of drug-likeness (QED) is 0.584. The highest BCUT2D eigenvalue weighted by Crippen LogP contribution is 2.28. The highest BCUT2D eigenvalue weighted by molar-refractivity contribution is 5.90. The van der Waals surface area contributed by atoms with E-state index in [2.05, 4.69) is 15.4 Å². The fourth-order valence-electron chi connectivity index (χ4n) is 3.62. The Balaban J connectivity index is 1.40. The molecule has 1 fully saturated rings. The first-order valence-corrected chi connectivity index (χ1v) is 9.47. The number of benzene rings is 1. The van der Waals surface area contributed by atoms with Crippen molar-refractivity contribution in [1.29, 1.82) is 0 Å². The molecule has 0 atom stereocenters. The van der Waals surface area contributed by atoms with E-state index in [1.54, 1.807) is 16.8 Å². The summed E-state index contributed by atoms with van der Waals surface area (Å²) in [6, 6.07) is 13.4. The minimum atomic E-state index is -0.0239. The second kappa shape index (κ2) is 7.09. The Labute approximate surface area is 161 Å². The van der Waals surface area contributed by atoms with Crippen LogP contribution in [0.5, 0.6) is 0 Å². The van der Waals surface area contributed by atoms with Crippen molar-refractivity contribution in [2.75, 3.05) is 18.5 Å². The van der Waals surface area contributed by atoms with Crippen LogP contribution in [-0.2, 0) is 9.53 Å². The van der Waals surface area contributed by atoms with Crippen LogP contribution >= 0.6 is 0 Å². The molecule has 1 amide bonds. The number of para-hydroxylation sites is 1. The van der Waals surface area contributed by atoms with Crippen molar-refractivity contribution in [2.45, 2.75) is 19.3 Å². The van der Waals surface area contributed by atoms with Crippen molar-refractivity contribution in [1.82, 2.24) is 14.6 Å². The number of fused-ring (bicyclic) bond motifs is 2. The fourth-order valence-corrected chi connectivity index (χ4v) is 3.62. The first-order valence-electron chi connectivity index (χ1n) is 9.47. The zero-order valence-electron chi connectivity index (χ0n) is 15.3. The number of imidazole rings is 1. The standard InChI is InChI=1S/C21H20N4O3/c26-21(11-14-7-9-27-10-8-14)23-19-5-6-20-22-13-16(25(20)24-19)18-12-15-3-1-2-4-17(15)28-18/h1-6,12-14H,7-11H2,(H,23,24,26). The van der Waals surface area contributed by atoms with Crippen molar-refractivity contribution < 1.29 is 13.9 Å². The van der Waals surface area contributed by atoms with E-state index in [4.69, 9.17) is 9.15 Å². The maximum absolute atomic E-state index is 12.4. The smallest absolute Gasteiger partial charge is 0.225 e. The monoisotopic (exact) mass is 376 g/mol. The van der Waals surface area contributed by atoms with Crippen LogP contribution in [0.2, 0.25) is 0 Å². The number of anilines is 1. The first-order chi connectivity index (χ1) is 13.8. The van der Waals surface area contributed by atoms with E-state index in [1.165, 1.54) is 0 Å².